The lowest BCUT2D eigenvalue weighted by atomic mass is 10.1. The molecule has 0 bridgehead atoms. The van der Waals surface area contributed by atoms with Crippen molar-refractivity contribution < 1.29 is 36.7 Å². The van der Waals surface area contributed by atoms with Crippen molar-refractivity contribution in [2.45, 2.75) is 46.7 Å². The molecule has 0 aliphatic heterocycles. The second kappa shape index (κ2) is 14.6. The minimum Gasteiger partial charge on any atom is -0.497 e. The van der Waals surface area contributed by atoms with Crippen LogP contribution in [0.25, 0.3) is 22.2 Å². The molecule has 0 saturated heterocycles. The third-order valence-corrected chi connectivity index (χ3v) is 12.1. The van der Waals surface area contributed by atoms with Gasteiger partial charge in [0.2, 0.25) is 5.52 Å². The van der Waals surface area contributed by atoms with Crippen molar-refractivity contribution in [3.05, 3.63) is 48.0 Å². The Morgan fingerprint density at radius 1 is 0.775 bits per heavy atom. The van der Waals surface area contributed by atoms with Gasteiger partial charge in [-0.25, -0.2) is 0 Å². The fourth-order valence-corrected chi connectivity index (χ4v) is 9.81. The van der Waals surface area contributed by atoms with Gasteiger partial charge in [0.05, 0.1) is 51.9 Å². The summed E-state index contributed by atoms with van der Waals surface area (Å²) >= 11 is 0. The van der Waals surface area contributed by atoms with Gasteiger partial charge >= 0.3 is 15.2 Å². The highest BCUT2D eigenvalue weighted by Crippen LogP contribution is 2.69. The number of aromatic nitrogens is 1. The molecule has 1 heterocycles. The smallest absolute Gasteiger partial charge is 0.359 e. The molecular formula is C28H42N2O8P2. The molecule has 1 N–H and O–H groups in total. The lowest BCUT2D eigenvalue weighted by Gasteiger charge is -2.32. The number of aryl methyl sites for hydroxylation is 1. The summed E-state index contributed by atoms with van der Waals surface area (Å²) in [7, 11) is -4.60. The van der Waals surface area contributed by atoms with E-state index in [1.54, 1.807) is 41.9 Å². The van der Waals surface area contributed by atoms with Crippen molar-refractivity contribution in [2.75, 3.05) is 47.2 Å². The topological polar surface area (TPSA) is 106 Å². The lowest BCUT2D eigenvalue weighted by molar-refractivity contribution is 0.190. The fraction of sp³-hybridized carbons (Fsp3) is 0.500. The molecule has 0 fully saturated rings. The van der Waals surface area contributed by atoms with Crippen molar-refractivity contribution in [3.8, 4) is 22.8 Å². The number of methoxy groups -OCH3 is 2. The van der Waals surface area contributed by atoms with Gasteiger partial charge in [0.1, 0.15) is 11.5 Å². The van der Waals surface area contributed by atoms with E-state index in [0.717, 1.165) is 39.2 Å². The molecule has 0 aliphatic rings. The second-order valence-corrected chi connectivity index (χ2v) is 13.4. The van der Waals surface area contributed by atoms with E-state index < -0.39 is 20.7 Å². The van der Waals surface area contributed by atoms with Gasteiger partial charge < -0.3 is 32.1 Å². The Hall–Kier alpha value is -2.16. The molecule has 40 heavy (non-hydrogen) atoms. The van der Waals surface area contributed by atoms with E-state index in [1.165, 1.54) is 0 Å². The van der Waals surface area contributed by atoms with Crippen LogP contribution in [0.3, 0.4) is 0 Å². The molecule has 0 amide bonds. The molecule has 3 rings (SSSR count). The predicted octanol–water partition coefficient (Wildman–Crippen LogP) is 7.04. The highest BCUT2D eigenvalue weighted by Gasteiger charge is 2.50. The average Bonchev–Trinajstić information content (AvgIpc) is 3.21. The van der Waals surface area contributed by atoms with Gasteiger partial charge in [0.25, 0.3) is 0 Å². The molecule has 0 spiro atoms. The molecule has 0 atom stereocenters. The minimum atomic E-state index is -3.93. The zero-order chi connectivity index (χ0) is 29.3. The summed E-state index contributed by atoms with van der Waals surface area (Å²) in [5.41, 5.74) is 2.79. The quantitative estimate of drug-likeness (QED) is 0.164. The highest BCUT2D eigenvalue weighted by molar-refractivity contribution is 7.72. The van der Waals surface area contributed by atoms with Crippen LogP contribution < -0.4 is 14.8 Å². The lowest BCUT2D eigenvalue weighted by Crippen LogP contribution is -2.34. The average molecular weight is 597 g/mol. The summed E-state index contributed by atoms with van der Waals surface area (Å²) < 4.78 is 63.3. The first kappa shape index (κ1) is 32.4. The maximum atomic E-state index is 13.9. The molecule has 2 aromatic carbocycles. The van der Waals surface area contributed by atoms with Crippen LogP contribution in [0.4, 0.5) is 0 Å². The van der Waals surface area contributed by atoms with E-state index in [9.17, 15) is 9.13 Å². The Labute approximate surface area is 237 Å². The summed E-state index contributed by atoms with van der Waals surface area (Å²) in [6.45, 7) is 10.0. The highest BCUT2D eigenvalue weighted by atomic mass is 31.2. The number of nitrogens with zero attached hydrogens (tertiary/aromatic N) is 1. The zero-order valence-corrected chi connectivity index (χ0v) is 26.3. The summed E-state index contributed by atoms with van der Waals surface area (Å²) in [4.78, 5) is 0. The van der Waals surface area contributed by atoms with Gasteiger partial charge in [0, 0.05) is 24.5 Å². The van der Waals surface area contributed by atoms with E-state index >= 15 is 0 Å². The number of benzene rings is 2. The fourth-order valence-electron chi connectivity index (χ4n) is 4.76. The SMILES string of the molecule is CCOP(=O)(OCC)C(NCCn1c(-c2ccc(OC)cc2)c(C)c2ccc(OC)cc21)P(=O)(OCC)OCC. The Morgan fingerprint density at radius 2 is 1.27 bits per heavy atom. The molecule has 0 unspecified atom stereocenters. The number of fused-ring (bicyclic) bond motifs is 1. The van der Waals surface area contributed by atoms with Gasteiger partial charge in [-0.1, -0.05) is 0 Å². The van der Waals surface area contributed by atoms with Gasteiger partial charge in [-0.15, -0.1) is 0 Å². The minimum absolute atomic E-state index is 0.108. The molecule has 0 saturated carbocycles. The Morgan fingerprint density at radius 3 is 1.75 bits per heavy atom. The summed E-state index contributed by atoms with van der Waals surface area (Å²) in [6.07, 6.45) is 0. The molecular weight excluding hydrogens is 554 g/mol. The molecule has 10 nitrogen and oxygen atoms in total. The van der Waals surface area contributed by atoms with Gasteiger partial charge in [-0.2, -0.15) is 0 Å². The van der Waals surface area contributed by atoms with E-state index in [-0.39, 0.29) is 33.0 Å². The molecule has 3 aromatic rings. The monoisotopic (exact) mass is 596 g/mol. The number of hydrogen-bond donors (Lipinski definition) is 1. The summed E-state index contributed by atoms with van der Waals surface area (Å²) in [6, 6.07) is 13.8. The van der Waals surface area contributed by atoms with Crippen LogP contribution in [-0.2, 0) is 33.8 Å². The van der Waals surface area contributed by atoms with Crippen LogP contribution in [0.15, 0.2) is 42.5 Å². The first-order chi connectivity index (χ1) is 19.2. The third-order valence-electron chi connectivity index (χ3n) is 6.39. The van der Waals surface area contributed by atoms with Crippen LogP contribution in [0, 0.1) is 6.92 Å². The molecule has 222 valence electrons. The van der Waals surface area contributed by atoms with Crippen molar-refractivity contribution in [3.63, 3.8) is 0 Å². The predicted molar refractivity (Wildman–Crippen MR) is 159 cm³/mol. The summed E-state index contributed by atoms with van der Waals surface area (Å²) in [5, 5.41) is 4.27. The van der Waals surface area contributed by atoms with Gasteiger partial charge in [-0.05, 0) is 82.1 Å². The number of ether oxygens (including phenoxy) is 2. The van der Waals surface area contributed by atoms with Crippen molar-refractivity contribution in [1.29, 1.82) is 0 Å². The maximum Gasteiger partial charge on any atom is 0.359 e. The van der Waals surface area contributed by atoms with Gasteiger partial charge in [-0.3, -0.25) is 14.4 Å². The van der Waals surface area contributed by atoms with Crippen LogP contribution in [0.2, 0.25) is 0 Å². The van der Waals surface area contributed by atoms with Crippen LogP contribution >= 0.6 is 15.2 Å². The normalized spacial score (nSPS) is 12.4. The number of nitrogens with one attached hydrogen (secondary N) is 1. The maximum absolute atomic E-state index is 13.9. The van der Waals surface area contributed by atoms with Crippen molar-refractivity contribution in [1.82, 2.24) is 9.88 Å². The van der Waals surface area contributed by atoms with Crippen molar-refractivity contribution in [2.24, 2.45) is 0 Å². The first-order valence-corrected chi connectivity index (χ1v) is 16.8. The van der Waals surface area contributed by atoms with E-state index in [0.29, 0.717) is 6.54 Å². The Bertz CT molecular complexity index is 1290. The number of rotatable bonds is 17. The Kier molecular flexibility index (Phi) is 11.8. The van der Waals surface area contributed by atoms with Crippen molar-refractivity contribution >= 4 is 26.1 Å². The van der Waals surface area contributed by atoms with Crippen LogP contribution in [-0.4, -0.2) is 57.3 Å². The van der Waals surface area contributed by atoms with E-state index in [1.807, 2.05) is 42.5 Å². The van der Waals surface area contributed by atoms with E-state index in [4.69, 9.17) is 27.6 Å². The molecule has 0 aliphatic carbocycles. The largest absolute Gasteiger partial charge is 0.497 e. The number of hydrogen-bond acceptors (Lipinski definition) is 9. The van der Waals surface area contributed by atoms with E-state index in [2.05, 4.69) is 16.8 Å². The van der Waals surface area contributed by atoms with Crippen LogP contribution in [0.1, 0.15) is 33.3 Å². The second-order valence-electron chi connectivity index (χ2n) is 8.82. The standard InChI is InChI=1S/C28H42N2O8P2/c1-8-35-39(31,36-9-2)28(40(32,37-10-3)38-11-4)29-18-19-30-26-20-24(34-7)16-17-25(26)21(5)27(30)22-12-14-23(33-6)15-13-22/h12-17,20,28-29H,8-11,18-19H2,1-7H3. The Balaban J connectivity index is 2.07. The first-order valence-electron chi connectivity index (χ1n) is 13.5. The summed E-state index contributed by atoms with van der Waals surface area (Å²) in [5.74, 6) is 1.49. The molecule has 0 radical (unpaired) electrons. The zero-order valence-electron chi connectivity index (χ0n) is 24.5. The third kappa shape index (κ3) is 7.00. The molecule has 1 aromatic heterocycles. The van der Waals surface area contributed by atoms with Gasteiger partial charge in [0.15, 0.2) is 0 Å². The molecule has 12 heteroatoms. The van der Waals surface area contributed by atoms with Crippen LogP contribution in [0.5, 0.6) is 11.5 Å².